The third-order valence-electron chi connectivity index (χ3n) is 4.42. The number of aromatic nitrogens is 3. The molecular weight excluding hydrogens is 306 g/mol. The maximum Gasteiger partial charge on any atom is 0.166 e. The van der Waals surface area contributed by atoms with Crippen LogP contribution in [0, 0.1) is 6.92 Å². The van der Waals surface area contributed by atoms with Crippen molar-refractivity contribution < 1.29 is 0 Å². The van der Waals surface area contributed by atoms with Crippen molar-refractivity contribution in [2.75, 3.05) is 18.4 Å². The Kier molecular flexibility index (Phi) is 3.79. The van der Waals surface area contributed by atoms with Gasteiger partial charge < -0.3 is 11.1 Å². The molecule has 5 nitrogen and oxygen atoms in total. The molecule has 23 heavy (non-hydrogen) atoms. The van der Waals surface area contributed by atoms with Crippen molar-refractivity contribution in [1.29, 1.82) is 0 Å². The van der Waals surface area contributed by atoms with Gasteiger partial charge in [-0.05, 0) is 44.1 Å². The first-order valence-electron chi connectivity index (χ1n) is 8.18. The fourth-order valence-electron chi connectivity index (χ4n) is 3.38. The van der Waals surface area contributed by atoms with Gasteiger partial charge in [0.1, 0.15) is 5.82 Å². The summed E-state index contributed by atoms with van der Waals surface area (Å²) in [5, 5.41) is 10.4. The Balaban J connectivity index is 1.99. The van der Waals surface area contributed by atoms with Gasteiger partial charge in [-0.1, -0.05) is 6.07 Å². The Morgan fingerprint density at radius 3 is 3.00 bits per heavy atom. The fraction of sp³-hybridized carbons (Fsp3) is 0.412. The molecule has 6 heteroatoms. The lowest BCUT2D eigenvalue weighted by Gasteiger charge is -2.20. The van der Waals surface area contributed by atoms with Crippen LogP contribution in [0.15, 0.2) is 17.5 Å². The van der Waals surface area contributed by atoms with Gasteiger partial charge in [0.05, 0.1) is 11.3 Å². The lowest BCUT2D eigenvalue weighted by molar-refractivity contribution is 0.661. The number of rotatable bonds is 4. The molecule has 0 saturated carbocycles. The van der Waals surface area contributed by atoms with Gasteiger partial charge in [-0.25, -0.2) is 4.98 Å². The second kappa shape index (κ2) is 5.94. The average Bonchev–Trinajstić information content (AvgIpc) is 3.18. The summed E-state index contributed by atoms with van der Waals surface area (Å²) in [6.07, 6.45) is 4.55. The highest BCUT2D eigenvalue weighted by molar-refractivity contribution is 7.13. The molecule has 0 bridgehead atoms. The van der Waals surface area contributed by atoms with E-state index in [1.807, 2.05) is 4.52 Å². The Bertz CT molecular complexity index is 835. The number of hydrogen-bond donors (Lipinski definition) is 2. The molecule has 4 rings (SSSR count). The molecule has 0 radical (unpaired) electrons. The summed E-state index contributed by atoms with van der Waals surface area (Å²) < 4.78 is 1.99. The molecule has 0 aliphatic heterocycles. The summed E-state index contributed by atoms with van der Waals surface area (Å²) in [4.78, 5) is 6.22. The van der Waals surface area contributed by atoms with Crippen LogP contribution in [-0.2, 0) is 12.8 Å². The molecule has 3 aromatic rings. The Hall–Kier alpha value is -1.92. The maximum absolute atomic E-state index is 5.70. The monoisotopic (exact) mass is 327 g/mol. The zero-order chi connectivity index (χ0) is 15.8. The molecule has 3 heterocycles. The summed E-state index contributed by atoms with van der Waals surface area (Å²) in [6, 6.07) is 4.22. The number of nitrogens with two attached hydrogens (primary N) is 1. The van der Waals surface area contributed by atoms with E-state index in [9.17, 15) is 0 Å². The van der Waals surface area contributed by atoms with Crippen LogP contribution in [0.2, 0.25) is 0 Å². The van der Waals surface area contributed by atoms with E-state index < -0.39 is 0 Å². The van der Waals surface area contributed by atoms with Gasteiger partial charge in [0, 0.05) is 29.2 Å². The Morgan fingerprint density at radius 1 is 1.35 bits per heavy atom. The van der Waals surface area contributed by atoms with E-state index in [-0.39, 0.29) is 0 Å². The number of fused-ring (bicyclic) bond motifs is 2. The van der Waals surface area contributed by atoms with E-state index in [2.05, 4.69) is 29.8 Å². The van der Waals surface area contributed by atoms with E-state index in [0.717, 1.165) is 42.1 Å². The predicted octanol–water partition coefficient (Wildman–Crippen LogP) is 3.02. The quantitative estimate of drug-likeness (QED) is 0.773. The molecule has 0 aromatic carbocycles. The molecule has 1 aliphatic carbocycles. The van der Waals surface area contributed by atoms with Crippen LogP contribution >= 0.6 is 11.3 Å². The molecule has 0 unspecified atom stereocenters. The maximum atomic E-state index is 5.70. The van der Waals surface area contributed by atoms with Crippen molar-refractivity contribution >= 4 is 22.8 Å². The minimum absolute atomic E-state index is 0.608. The second-order valence-corrected chi connectivity index (χ2v) is 6.93. The minimum atomic E-state index is 0.608. The number of nitrogens with zero attached hydrogens (tertiary/aromatic N) is 3. The molecular formula is C17H21N5S. The molecule has 0 saturated heterocycles. The van der Waals surface area contributed by atoms with E-state index in [1.165, 1.54) is 29.0 Å². The lowest BCUT2D eigenvalue weighted by Crippen LogP contribution is -2.19. The molecule has 120 valence electrons. The van der Waals surface area contributed by atoms with Gasteiger partial charge in [0.25, 0.3) is 0 Å². The largest absolute Gasteiger partial charge is 0.368 e. The topological polar surface area (TPSA) is 68.2 Å². The Labute approximate surface area is 139 Å². The van der Waals surface area contributed by atoms with Crippen LogP contribution in [0.25, 0.3) is 16.1 Å². The number of hydrogen-bond acceptors (Lipinski definition) is 5. The number of thiophene rings is 1. The first-order chi connectivity index (χ1) is 11.3. The first kappa shape index (κ1) is 14.7. The van der Waals surface area contributed by atoms with Crippen molar-refractivity contribution in [3.63, 3.8) is 0 Å². The summed E-state index contributed by atoms with van der Waals surface area (Å²) in [6.45, 7) is 3.42. The third kappa shape index (κ3) is 2.42. The molecule has 0 spiro atoms. The highest BCUT2D eigenvalue weighted by atomic mass is 32.1. The van der Waals surface area contributed by atoms with Gasteiger partial charge in [0.2, 0.25) is 0 Å². The van der Waals surface area contributed by atoms with E-state index >= 15 is 0 Å². The fourth-order valence-corrected chi connectivity index (χ4v) is 4.20. The number of anilines is 1. The van der Waals surface area contributed by atoms with Gasteiger partial charge in [0.15, 0.2) is 5.65 Å². The van der Waals surface area contributed by atoms with Gasteiger partial charge in [-0.15, -0.1) is 11.3 Å². The van der Waals surface area contributed by atoms with Crippen molar-refractivity contribution in [1.82, 2.24) is 14.6 Å². The van der Waals surface area contributed by atoms with Crippen LogP contribution in [0.4, 0.5) is 5.82 Å². The van der Waals surface area contributed by atoms with Crippen LogP contribution in [-0.4, -0.2) is 27.7 Å². The van der Waals surface area contributed by atoms with E-state index in [0.29, 0.717) is 6.54 Å². The first-order valence-corrected chi connectivity index (χ1v) is 9.06. The van der Waals surface area contributed by atoms with E-state index in [1.54, 1.807) is 11.3 Å². The second-order valence-electron chi connectivity index (χ2n) is 5.98. The SMILES string of the molecule is Cc1nn2c(NCCN)c3c(nc2c1-c1cccs1)CCCC3. The zero-order valence-corrected chi connectivity index (χ0v) is 14.1. The van der Waals surface area contributed by atoms with E-state index in [4.69, 9.17) is 15.8 Å². The molecule has 0 amide bonds. The summed E-state index contributed by atoms with van der Waals surface area (Å²) >= 11 is 1.74. The number of nitrogens with one attached hydrogen (secondary N) is 1. The van der Waals surface area contributed by atoms with Gasteiger partial charge in [-0.3, -0.25) is 0 Å². The smallest absolute Gasteiger partial charge is 0.166 e. The van der Waals surface area contributed by atoms with Crippen LogP contribution < -0.4 is 11.1 Å². The molecule has 3 N–H and O–H groups in total. The minimum Gasteiger partial charge on any atom is -0.368 e. The standard InChI is InChI=1S/C17H21N5S/c1-11-15(14-7-4-10-23-14)17-20-13-6-3-2-5-12(13)16(19-9-8-18)22(17)21-11/h4,7,10,19H,2-3,5-6,8-9,18H2,1H3. The van der Waals surface area contributed by atoms with Crippen LogP contribution in [0.1, 0.15) is 29.8 Å². The number of aryl methyl sites for hydroxylation is 2. The average molecular weight is 327 g/mol. The highest BCUT2D eigenvalue weighted by Gasteiger charge is 2.23. The summed E-state index contributed by atoms with van der Waals surface area (Å²) in [7, 11) is 0. The van der Waals surface area contributed by atoms with Gasteiger partial charge >= 0.3 is 0 Å². The Morgan fingerprint density at radius 2 is 2.22 bits per heavy atom. The molecule has 3 aromatic heterocycles. The molecule has 1 aliphatic rings. The third-order valence-corrected chi connectivity index (χ3v) is 5.30. The predicted molar refractivity (Wildman–Crippen MR) is 95.2 cm³/mol. The van der Waals surface area contributed by atoms with Gasteiger partial charge in [-0.2, -0.15) is 9.61 Å². The lowest BCUT2D eigenvalue weighted by atomic mass is 9.96. The van der Waals surface area contributed by atoms with Crippen LogP contribution in [0.5, 0.6) is 0 Å². The molecule has 0 atom stereocenters. The summed E-state index contributed by atoms with van der Waals surface area (Å²) in [5.74, 6) is 1.08. The van der Waals surface area contributed by atoms with Crippen LogP contribution in [0.3, 0.4) is 0 Å². The van der Waals surface area contributed by atoms with Crippen molar-refractivity contribution in [2.24, 2.45) is 5.73 Å². The normalized spacial score (nSPS) is 14.2. The molecule has 0 fully saturated rings. The highest BCUT2D eigenvalue weighted by Crippen LogP contribution is 2.35. The van der Waals surface area contributed by atoms with Crippen molar-refractivity contribution in [2.45, 2.75) is 32.6 Å². The van der Waals surface area contributed by atoms with Crippen molar-refractivity contribution in [3.05, 3.63) is 34.5 Å². The van der Waals surface area contributed by atoms with Crippen molar-refractivity contribution in [3.8, 4) is 10.4 Å². The summed E-state index contributed by atoms with van der Waals surface area (Å²) in [5.41, 5.74) is 11.4. The zero-order valence-electron chi connectivity index (χ0n) is 13.3.